The van der Waals surface area contributed by atoms with Crippen LogP contribution in [0.15, 0.2) is 0 Å². The second-order valence-corrected chi connectivity index (χ2v) is 0. The van der Waals surface area contributed by atoms with Crippen molar-refractivity contribution in [3.05, 3.63) is 0 Å². The van der Waals surface area contributed by atoms with E-state index in [9.17, 15) is 0 Å². The lowest BCUT2D eigenvalue weighted by atomic mass is 13.0. The standard InChI is InChI=1S/H4N2.H3N.H2O2/c1-2;;1-2/h1-2H2;1H3;1-2H. The molecule has 0 spiro atoms. The van der Waals surface area contributed by atoms with Crippen LogP contribution in [0.5, 0.6) is 0 Å². The zero-order chi connectivity index (χ0) is 4.00. The van der Waals surface area contributed by atoms with Gasteiger partial charge in [-0.05, 0) is 0 Å². The van der Waals surface area contributed by atoms with Crippen LogP contribution >= 0.6 is 0 Å². The second-order valence-electron chi connectivity index (χ2n) is 0. The van der Waals surface area contributed by atoms with E-state index in [1.807, 2.05) is 0 Å². The molecule has 0 aromatic rings. The van der Waals surface area contributed by atoms with Gasteiger partial charge < -0.3 is 6.15 Å². The van der Waals surface area contributed by atoms with E-state index >= 15 is 0 Å². The average molecular weight is 83.1 g/mol. The van der Waals surface area contributed by atoms with Crippen LogP contribution in [0.4, 0.5) is 0 Å². The molecule has 0 aliphatic rings. The van der Waals surface area contributed by atoms with Crippen LogP contribution < -0.4 is 17.8 Å². The summed E-state index contributed by atoms with van der Waals surface area (Å²) in [5.74, 6) is 8.00. The first-order chi connectivity index (χ1) is 2.00. The third kappa shape index (κ3) is 308. The van der Waals surface area contributed by atoms with Gasteiger partial charge in [0.05, 0.1) is 0 Å². The molecule has 5 heavy (non-hydrogen) atoms. The highest BCUT2D eigenvalue weighted by Crippen LogP contribution is 0.711. The molecule has 0 radical (unpaired) electrons. The lowest BCUT2D eigenvalue weighted by molar-refractivity contribution is -0.176. The first-order valence-electron chi connectivity index (χ1n) is 0.533. The van der Waals surface area contributed by atoms with Gasteiger partial charge in [-0.1, -0.05) is 0 Å². The van der Waals surface area contributed by atoms with Crippen LogP contribution in [0.1, 0.15) is 0 Å². The first-order valence-corrected chi connectivity index (χ1v) is 0.533. The molecule has 0 unspecified atom stereocenters. The Morgan fingerprint density at radius 1 is 1.00 bits per heavy atom. The molecule has 0 amide bonds. The number of rotatable bonds is 0. The lowest BCUT2D eigenvalue weighted by Gasteiger charge is -1.27. The fourth-order valence-corrected chi connectivity index (χ4v) is 0. The SMILES string of the molecule is N.NN.OO. The summed E-state index contributed by atoms with van der Waals surface area (Å²) in [5, 5.41) is 12.0. The molecule has 0 fully saturated rings. The minimum atomic E-state index is 0. The molecule has 5 heteroatoms. The second kappa shape index (κ2) is 745. The summed E-state index contributed by atoms with van der Waals surface area (Å²) in [4.78, 5) is 0. The van der Waals surface area contributed by atoms with Crippen molar-refractivity contribution >= 4 is 0 Å². The summed E-state index contributed by atoms with van der Waals surface area (Å²) >= 11 is 0. The first kappa shape index (κ1) is 21.4. The molecule has 0 bridgehead atoms. The van der Waals surface area contributed by atoms with Gasteiger partial charge in [0.2, 0.25) is 0 Å². The van der Waals surface area contributed by atoms with Crippen molar-refractivity contribution in [3.63, 3.8) is 0 Å². The number of hydrazine groups is 1. The van der Waals surface area contributed by atoms with Crippen LogP contribution in [0.2, 0.25) is 0 Å². The highest BCUT2D eigenvalue weighted by Gasteiger charge is 0.746. The van der Waals surface area contributed by atoms with Crippen molar-refractivity contribution in [1.82, 2.24) is 6.15 Å². The van der Waals surface area contributed by atoms with Gasteiger partial charge in [-0.25, -0.2) is 0 Å². The van der Waals surface area contributed by atoms with Crippen LogP contribution in [0, 0.1) is 0 Å². The molecule has 0 atom stereocenters. The molecule has 0 aromatic carbocycles. The Morgan fingerprint density at radius 2 is 1.00 bits per heavy atom. The summed E-state index contributed by atoms with van der Waals surface area (Å²) in [5.41, 5.74) is 0. The normalized spacial score (nSPS) is 2.40. The molecular weight excluding hydrogens is 74.0 g/mol. The van der Waals surface area contributed by atoms with E-state index in [2.05, 4.69) is 11.7 Å². The summed E-state index contributed by atoms with van der Waals surface area (Å²) in [7, 11) is 0. The summed E-state index contributed by atoms with van der Waals surface area (Å²) in [6.07, 6.45) is 0. The molecule has 5 nitrogen and oxygen atoms in total. The Balaban J connectivity index is -0.0000000133. The van der Waals surface area contributed by atoms with Gasteiger partial charge in [-0.2, -0.15) is 0 Å². The highest BCUT2D eigenvalue weighted by molar-refractivity contribution is 3.26. The van der Waals surface area contributed by atoms with Crippen molar-refractivity contribution < 1.29 is 10.5 Å². The van der Waals surface area contributed by atoms with E-state index in [0.717, 1.165) is 0 Å². The minimum absolute atomic E-state index is 0. The Kier molecular flexibility index (Phi) is 3190. The zero-order valence-electron chi connectivity index (χ0n) is 2.76. The molecule has 9 N–H and O–H groups in total. The van der Waals surface area contributed by atoms with Gasteiger partial charge in [0.25, 0.3) is 0 Å². The van der Waals surface area contributed by atoms with Crippen LogP contribution in [-0.2, 0) is 0 Å². The largest absolute Gasteiger partial charge is 0.344 e. The zero-order valence-corrected chi connectivity index (χ0v) is 2.76. The average Bonchev–Trinajstić information content (AvgIpc) is 1.50. The lowest BCUT2D eigenvalue weighted by Crippen LogP contribution is -2.02. The molecule has 0 aromatic heterocycles. The third-order valence-corrected chi connectivity index (χ3v) is 0. The maximum absolute atomic E-state index is 6.00. The Bertz CT molecular complexity index is 4.85. The van der Waals surface area contributed by atoms with E-state index in [-0.39, 0.29) is 6.15 Å². The monoisotopic (exact) mass is 83.1 g/mol. The Morgan fingerprint density at radius 3 is 1.00 bits per heavy atom. The van der Waals surface area contributed by atoms with Gasteiger partial charge in [0.1, 0.15) is 0 Å². The van der Waals surface area contributed by atoms with Gasteiger partial charge in [-0.15, -0.1) is 0 Å². The number of nitrogens with two attached hydrogens (primary N) is 2. The number of hydrogen-bond acceptors (Lipinski definition) is 5. The molecule has 0 saturated carbocycles. The Hall–Kier alpha value is -0.200. The predicted octanol–water partition coefficient (Wildman–Crippen LogP) is -1.00. The van der Waals surface area contributed by atoms with Gasteiger partial charge in [0, 0.05) is 0 Å². The maximum atomic E-state index is 6.00. The molecular formula is H9N3O2. The van der Waals surface area contributed by atoms with Crippen molar-refractivity contribution in [1.29, 1.82) is 0 Å². The quantitative estimate of drug-likeness (QED) is 0.146. The van der Waals surface area contributed by atoms with Gasteiger partial charge >= 0.3 is 0 Å². The molecule has 0 aliphatic heterocycles. The van der Waals surface area contributed by atoms with Gasteiger partial charge in [-0.3, -0.25) is 22.2 Å². The molecule has 0 aliphatic carbocycles. The summed E-state index contributed by atoms with van der Waals surface area (Å²) in [6.45, 7) is 0. The number of hydrogen-bond donors (Lipinski definition) is 5. The maximum Gasteiger partial charge on any atom is -0.255 e. The predicted molar refractivity (Wildman–Crippen MR) is 18.7 cm³/mol. The van der Waals surface area contributed by atoms with E-state index in [1.165, 1.54) is 0 Å². The molecule has 36 valence electrons. The minimum Gasteiger partial charge on any atom is -0.344 e. The van der Waals surface area contributed by atoms with Gasteiger partial charge in [0.15, 0.2) is 0 Å². The van der Waals surface area contributed by atoms with Crippen molar-refractivity contribution in [2.75, 3.05) is 0 Å². The molecule has 0 saturated heterocycles. The fraction of sp³-hybridized carbons (Fsp3) is 0. The van der Waals surface area contributed by atoms with Crippen molar-refractivity contribution in [3.8, 4) is 0 Å². The van der Waals surface area contributed by atoms with E-state index in [0.29, 0.717) is 0 Å². The van der Waals surface area contributed by atoms with Crippen molar-refractivity contribution in [2.45, 2.75) is 0 Å². The summed E-state index contributed by atoms with van der Waals surface area (Å²) < 4.78 is 0. The van der Waals surface area contributed by atoms with E-state index in [4.69, 9.17) is 10.5 Å². The topological polar surface area (TPSA) is 128 Å². The fourth-order valence-electron chi connectivity index (χ4n) is 0. The summed E-state index contributed by atoms with van der Waals surface area (Å²) in [6, 6.07) is 0. The van der Waals surface area contributed by atoms with E-state index < -0.39 is 0 Å². The van der Waals surface area contributed by atoms with Crippen LogP contribution in [0.25, 0.3) is 0 Å². The molecule has 0 heterocycles. The molecule has 0 rings (SSSR count). The third-order valence-electron chi connectivity index (χ3n) is 0. The van der Waals surface area contributed by atoms with Crippen LogP contribution in [0.3, 0.4) is 0 Å². The van der Waals surface area contributed by atoms with Crippen molar-refractivity contribution in [2.24, 2.45) is 11.7 Å². The van der Waals surface area contributed by atoms with Crippen LogP contribution in [-0.4, -0.2) is 10.5 Å². The Labute approximate surface area is 29.7 Å². The highest BCUT2D eigenvalue weighted by atomic mass is 17.0. The van der Waals surface area contributed by atoms with E-state index in [1.54, 1.807) is 0 Å². The smallest absolute Gasteiger partial charge is 0.255 e.